The molecule has 0 aliphatic carbocycles. The summed E-state index contributed by atoms with van der Waals surface area (Å²) in [5.41, 5.74) is 1.87. The highest BCUT2D eigenvalue weighted by molar-refractivity contribution is 7.89. The molecule has 1 fully saturated rings. The van der Waals surface area contributed by atoms with Gasteiger partial charge in [0.2, 0.25) is 16.0 Å². The Labute approximate surface area is 167 Å². The normalized spacial score (nSPS) is 16.8. The quantitative estimate of drug-likeness (QED) is 0.707. The standard InChI is InChI=1S/C18H31N7O2S/c1-13(2)28(26,27)25-10-8-24(9-11-25)7-6-19-16-15-12-14(3)20-17(15)22-18(21-16)23(4)5/h12-13H,6-11H2,1-5H3,(H2,19,20,21,22). The lowest BCUT2D eigenvalue weighted by atomic mass is 10.3. The van der Waals surface area contributed by atoms with Gasteiger partial charge in [-0.3, -0.25) is 4.90 Å². The van der Waals surface area contributed by atoms with E-state index in [0.29, 0.717) is 19.0 Å². The van der Waals surface area contributed by atoms with Crippen LogP contribution < -0.4 is 10.2 Å². The molecule has 0 unspecified atom stereocenters. The molecule has 1 saturated heterocycles. The number of rotatable bonds is 7. The molecule has 0 aromatic carbocycles. The van der Waals surface area contributed by atoms with E-state index in [1.807, 2.05) is 32.0 Å². The van der Waals surface area contributed by atoms with E-state index >= 15 is 0 Å². The molecule has 2 aromatic heterocycles. The van der Waals surface area contributed by atoms with Crippen LogP contribution in [0.1, 0.15) is 19.5 Å². The van der Waals surface area contributed by atoms with E-state index in [2.05, 4.69) is 25.2 Å². The molecule has 2 aromatic rings. The van der Waals surface area contributed by atoms with Crippen LogP contribution in [0.15, 0.2) is 6.07 Å². The third kappa shape index (κ3) is 4.39. The Morgan fingerprint density at radius 2 is 1.89 bits per heavy atom. The van der Waals surface area contributed by atoms with Gasteiger partial charge in [-0.05, 0) is 26.8 Å². The Balaban J connectivity index is 1.59. The first-order valence-electron chi connectivity index (χ1n) is 9.68. The number of hydrogen-bond donors (Lipinski definition) is 2. The monoisotopic (exact) mass is 409 g/mol. The molecule has 1 aliphatic heterocycles. The van der Waals surface area contributed by atoms with Crippen LogP contribution in [0, 0.1) is 6.92 Å². The zero-order valence-electron chi connectivity index (χ0n) is 17.4. The van der Waals surface area contributed by atoms with Crippen molar-refractivity contribution in [3.8, 4) is 0 Å². The zero-order chi connectivity index (χ0) is 20.5. The molecule has 0 atom stereocenters. The summed E-state index contributed by atoms with van der Waals surface area (Å²) in [4.78, 5) is 16.6. The number of aromatic amines is 1. The van der Waals surface area contributed by atoms with Gasteiger partial charge in [0.05, 0.1) is 10.6 Å². The van der Waals surface area contributed by atoms with Gasteiger partial charge >= 0.3 is 0 Å². The molecule has 156 valence electrons. The summed E-state index contributed by atoms with van der Waals surface area (Å²) >= 11 is 0. The third-order valence-corrected chi connectivity index (χ3v) is 7.29. The molecule has 3 rings (SSSR count). The summed E-state index contributed by atoms with van der Waals surface area (Å²) in [5, 5.41) is 4.05. The van der Waals surface area contributed by atoms with Crippen molar-refractivity contribution in [1.29, 1.82) is 0 Å². The number of aromatic nitrogens is 3. The van der Waals surface area contributed by atoms with E-state index in [1.54, 1.807) is 18.2 Å². The van der Waals surface area contributed by atoms with Crippen molar-refractivity contribution in [2.45, 2.75) is 26.0 Å². The first-order chi connectivity index (χ1) is 13.2. The minimum atomic E-state index is -3.16. The molecule has 28 heavy (non-hydrogen) atoms. The number of fused-ring (bicyclic) bond motifs is 1. The maximum Gasteiger partial charge on any atom is 0.228 e. The molecule has 0 spiro atoms. The highest BCUT2D eigenvalue weighted by atomic mass is 32.2. The Morgan fingerprint density at radius 1 is 1.21 bits per heavy atom. The van der Waals surface area contributed by atoms with E-state index in [1.165, 1.54) is 0 Å². The Kier molecular flexibility index (Phi) is 6.11. The number of hydrogen-bond acceptors (Lipinski definition) is 7. The molecule has 0 bridgehead atoms. The van der Waals surface area contributed by atoms with Crippen LogP contribution in [-0.4, -0.2) is 91.2 Å². The van der Waals surface area contributed by atoms with Crippen molar-refractivity contribution < 1.29 is 8.42 Å². The fraction of sp³-hybridized carbons (Fsp3) is 0.667. The average molecular weight is 410 g/mol. The fourth-order valence-corrected chi connectivity index (χ4v) is 4.57. The van der Waals surface area contributed by atoms with Crippen LogP contribution in [0.5, 0.6) is 0 Å². The number of anilines is 2. The van der Waals surface area contributed by atoms with Crippen molar-refractivity contribution in [3.63, 3.8) is 0 Å². The van der Waals surface area contributed by atoms with Crippen LogP contribution in [-0.2, 0) is 10.0 Å². The van der Waals surface area contributed by atoms with Crippen molar-refractivity contribution in [1.82, 2.24) is 24.2 Å². The van der Waals surface area contributed by atoms with Crippen LogP contribution in [0.25, 0.3) is 11.0 Å². The van der Waals surface area contributed by atoms with E-state index in [4.69, 9.17) is 0 Å². The second kappa shape index (κ2) is 8.22. The summed E-state index contributed by atoms with van der Waals surface area (Å²) in [6.07, 6.45) is 0. The van der Waals surface area contributed by atoms with Crippen molar-refractivity contribution in [3.05, 3.63) is 11.8 Å². The van der Waals surface area contributed by atoms with Gasteiger partial charge in [0.1, 0.15) is 11.5 Å². The molecular weight excluding hydrogens is 378 g/mol. The smallest absolute Gasteiger partial charge is 0.228 e. The molecule has 0 saturated carbocycles. The Morgan fingerprint density at radius 3 is 2.50 bits per heavy atom. The first-order valence-corrected chi connectivity index (χ1v) is 11.2. The third-order valence-electron chi connectivity index (χ3n) is 5.02. The lowest BCUT2D eigenvalue weighted by Crippen LogP contribution is -2.51. The number of nitrogens with zero attached hydrogens (tertiary/aromatic N) is 5. The first kappa shape index (κ1) is 20.8. The number of nitrogens with one attached hydrogen (secondary N) is 2. The molecule has 3 heterocycles. The van der Waals surface area contributed by atoms with Crippen LogP contribution >= 0.6 is 0 Å². The zero-order valence-corrected chi connectivity index (χ0v) is 18.2. The molecule has 0 amide bonds. The van der Waals surface area contributed by atoms with Crippen LogP contribution in [0.3, 0.4) is 0 Å². The van der Waals surface area contributed by atoms with Gasteiger partial charge in [-0.25, -0.2) is 8.42 Å². The van der Waals surface area contributed by atoms with E-state index in [0.717, 1.165) is 48.7 Å². The van der Waals surface area contributed by atoms with Gasteiger partial charge in [-0.15, -0.1) is 0 Å². The van der Waals surface area contributed by atoms with Gasteiger partial charge in [0, 0.05) is 59.1 Å². The highest BCUT2D eigenvalue weighted by Gasteiger charge is 2.29. The summed E-state index contributed by atoms with van der Waals surface area (Å²) in [5.74, 6) is 1.48. The van der Waals surface area contributed by atoms with Crippen molar-refractivity contribution in [2.24, 2.45) is 0 Å². The molecule has 9 nitrogen and oxygen atoms in total. The van der Waals surface area contributed by atoms with E-state index < -0.39 is 10.0 Å². The summed E-state index contributed by atoms with van der Waals surface area (Å²) in [6, 6.07) is 2.05. The van der Waals surface area contributed by atoms with Gasteiger partial charge < -0.3 is 15.2 Å². The van der Waals surface area contributed by atoms with Gasteiger partial charge in [-0.1, -0.05) is 0 Å². The molecule has 0 radical (unpaired) electrons. The molecule has 1 aliphatic rings. The second-order valence-corrected chi connectivity index (χ2v) is 10.2. The van der Waals surface area contributed by atoms with Gasteiger partial charge in [0.15, 0.2) is 0 Å². The number of H-pyrrole nitrogens is 1. The number of sulfonamides is 1. The van der Waals surface area contributed by atoms with Crippen molar-refractivity contribution in [2.75, 3.05) is 63.6 Å². The summed E-state index contributed by atoms with van der Waals surface area (Å²) < 4.78 is 26.2. The average Bonchev–Trinajstić information content (AvgIpc) is 3.02. The molecule has 2 N–H and O–H groups in total. The maximum atomic E-state index is 12.3. The van der Waals surface area contributed by atoms with E-state index in [9.17, 15) is 8.42 Å². The number of aryl methyl sites for hydroxylation is 1. The highest BCUT2D eigenvalue weighted by Crippen LogP contribution is 2.23. The van der Waals surface area contributed by atoms with Crippen LogP contribution in [0.4, 0.5) is 11.8 Å². The SMILES string of the molecule is Cc1cc2c(NCCN3CCN(S(=O)(=O)C(C)C)CC3)nc(N(C)C)nc2[nH]1. The maximum absolute atomic E-state index is 12.3. The summed E-state index contributed by atoms with van der Waals surface area (Å²) in [7, 11) is 0.688. The topological polar surface area (TPSA) is 97.5 Å². The predicted octanol–water partition coefficient (Wildman–Crippen LogP) is 1.10. The minimum Gasteiger partial charge on any atom is -0.368 e. The minimum absolute atomic E-state index is 0.364. The van der Waals surface area contributed by atoms with Crippen molar-refractivity contribution >= 4 is 32.8 Å². The van der Waals surface area contributed by atoms with Crippen LogP contribution in [0.2, 0.25) is 0 Å². The summed E-state index contributed by atoms with van der Waals surface area (Å²) in [6.45, 7) is 9.66. The lowest BCUT2D eigenvalue weighted by molar-refractivity contribution is 0.193. The number of piperazine rings is 1. The van der Waals surface area contributed by atoms with Gasteiger partial charge in [0.25, 0.3) is 0 Å². The lowest BCUT2D eigenvalue weighted by Gasteiger charge is -2.34. The fourth-order valence-electron chi connectivity index (χ4n) is 3.30. The Bertz CT molecular complexity index is 915. The molecular formula is C18H31N7O2S. The molecule has 10 heteroatoms. The largest absolute Gasteiger partial charge is 0.368 e. The predicted molar refractivity (Wildman–Crippen MR) is 114 cm³/mol. The van der Waals surface area contributed by atoms with Gasteiger partial charge in [-0.2, -0.15) is 14.3 Å². The van der Waals surface area contributed by atoms with E-state index in [-0.39, 0.29) is 5.25 Å². The second-order valence-electron chi connectivity index (χ2n) is 7.74. The Hall–Kier alpha value is -1.91.